The van der Waals surface area contributed by atoms with E-state index in [1.165, 1.54) is 27.5 Å². The summed E-state index contributed by atoms with van der Waals surface area (Å²) in [6.45, 7) is 3.21. The van der Waals surface area contributed by atoms with E-state index >= 15 is 0 Å². The lowest BCUT2D eigenvalue weighted by Crippen LogP contribution is -2.56. The zero-order chi connectivity index (χ0) is 19.2. The van der Waals surface area contributed by atoms with E-state index in [-0.39, 0.29) is 25.2 Å². The summed E-state index contributed by atoms with van der Waals surface area (Å²) < 4.78 is 29.5. The zero-order valence-corrected chi connectivity index (χ0v) is 15.3. The highest BCUT2D eigenvalue weighted by atomic mass is 32.2. The van der Waals surface area contributed by atoms with Gasteiger partial charge in [0.1, 0.15) is 11.2 Å². The summed E-state index contributed by atoms with van der Waals surface area (Å²) in [7, 11) is 0. The molecule has 1 fully saturated rings. The molecule has 0 aromatic carbocycles. The molecule has 4 heterocycles. The molecular weight excluding hydrogens is 374 g/mol. The van der Waals surface area contributed by atoms with Gasteiger partial charge in [0.2, 0.25) is 0 Å². The van der Waals surface area contributed by atoms with Crippen molar-refractivity contribution in [3.05, 3.63) is 47.4 Å². The monoisotopic (exact) mass is 390 g/mol. The molecule has 27 heavy (non-hydrogen) atoms. The lowest BCUT2D eigenvalue weighted by molar-refractivity contribution is -0.0267. The fourth-order valence-corrected chi connectivity index (χ4v) is 3.35. The molecule has 1 aliphatic heterocycles. The quantitative estimate of drug-likeness (QED) is 0.378. The van der Waals surface area contributed by atoms with Crippen molar-refractivity contribution >= 4 is 28.6 Å². The van der Waals surface area contributed by atoms with Gasteiger partial charge in [0.05, 0.1) is 19.6 Å². The third kappa shape index (κ3) is 2.99. The molecule has 0 radical (unpaired) electrons. The number of pyridine rings is 1. The number of aromatic nitrogens is 5. The predicted octanol–water partition coefficient (Wildman–Crippen LogP) is 2.34. The molecule has 3 aromatic rings. The fourth-order valence-electron chi connectivity index (χ4n) is 3.01. The third-order valence-electron chi connectivity index (χ3n) is 4.24. The fraction of sp³-hybridized carbons (Fsp3) is 0.294. The van der Waals surface area contributed by atoms with E-state index in [1.807, 2.05) is 6.26 Å². The molecule has 0 bridgehead atoms. The van der Waals surface area contributed by atoms with Crippen LogP contribution in [0.15, 0.2) is 47.0 Å². The van der Waals surface area contributed by atoms with Gasteiger partial charge in [-0.25, -0.2) is 33.1 Å². The number of hydrogen-bond acceptors (Lipinski definition) is 6. The van der Waals surface area contributed by atoms with Crippen molar-refractivity contribution in [2.75, 3.05) is 24.2 Å². The number of anilines is 1. The average molecular weight is 390 g/mol. The highest BCUT2D eigenvalue weighted by molar-refractivity contribution is 7.98. The minimum absolute atomic E-state index is 0.248. The summed E-state index contributed by atoms with van der Waals surface area (Å²) >= 11 is 1.36. The van der Waals surface area contributed by atoms with Crippen molar-refractivity contribution in [2.45, 2.75) is 17.6 Å². The second-order valence-corrected chi connectivity index (χ2v) is 6.92. The maximum atomic E-state index is 13.2. The lowest BCUT2D eigenvalue weighted by atomic mass is 10.1. The Labute approximate surface area is 157 Å². The standard InChI is InChI=1S/C17H16F2N6OS/c1-3-7-24-15(26)11-8-20-16(27-2)22-14(11)25(24)13-6-4-5-12(21-13)23-9-17(18,19)10-23/h3-6,8H,1,7,9-10H2,2H3. The number of alkyl halides is 2. The number of allylic oxidation sites excluding steroid dienone is 1. The number of hydrogen-bond donors (Lipinski definition) is 0. The Kier molecular flexibility index (Phi) is 4.22. The van der Waals surface area contributed by atoms with Crippen LogP contribution in [0.3, 0.4) is 0 Å². The zero-order valence-electron chi connectivity index (χ0n) is 14.5. The predicted molar refractivity (Wildman–Crippen MR) is 100 cm³/mol. The van der Waals surface area contributed by atoms with Crippen LogP contribution in [0.5, 0.6) is 0 Å². The first-order valence-electron chi connectivity index (χ1n) is 8.17. The molecule has 10 heteroatoms. The topological polar surface area (TPSA) is 68.8 Å². The number of fused-ring (bicyclic) bond motifs is 1. The Morgan fingerprint density at radius 2 is 2.04 bits per heavy atom. The van der Waals surface area contributed by atoms with E-state index < -0.39 is 5.92 Å². The lowest BCUT2D eigenvalue weighted by Gasteiger charge is -2.39. The van der Waals surface area contributed by atoms with Gasteiger partial charge in [-0.15, -0.1) is 6.58 Å². The summed E-state index contributed by atoms with van der Waals surface area (Å²) in [6.07, 6.45) is 4.93. The molecule has 3 aromatic heterocycles. The Hall–Kier alpha value is -2.75. The van der Waals surface area contributed by atoms with Gasteiger partial charge < -0.3 is 4.90 Å². The van der Waals surface area contributed by atoms with Crippen molar-refractivity contribution in [3.8, 4) is 5.82 Å². The highest BCUT2D eigenvalue weighted by Gasteiger charge is 2.44. The largest absolute Gasteiger partial charge is 0.344 e. The number of thioether (sulfide) groups is 1. The average Bonchev–Trinajstić information content (AvgIpc) is 2.91. The van der Waals surface area contributed by atoms with E-state index in [4.69, 9.17) is 0 Å². The van der Waals surface area contributed by atoms with E-state index in [9.17, 15) is 13.6 Å². The molecule has 1 aliphatic rings. The SMILES string of the molecule is C=CCn1c(=O)c2cnc(SC)nc2n1-c1cccc(N2CC(F)(F)C2)n1. The van der Waals surface area contributed by atoms with Gasteiger partial charge in [-0.05, 0) is 18.4 Å². The smallest absolute Gasteiger partial charge is 0.282 e. The van der Waals surface area contributed by atoms with Gasteiger partial charge >= 0.3 is 0 Å². The molecule has 0 unspecified atom stereocenters. The first kappa shape index (κ1) is 17.7. The van der Waals surface area contributed by atoms with E-state index in [0.717, 1.165) is 0 Å². The molecule has 0 atom stereocenters. The molecule has 0 spiro atoms. The van der Waals surface area contributed by atoms with Gasteiger partial charge in [-0.3, -0.25) is 4.79 Å². The molecule has 0 aliphatic carbocycles. The Morgan fingerprint density at radius 3 is 2.70 bits per heavy atom. The van der Waals surface area contributed by atoms with Crippen molar-refractivity contribution in [1.29, 1.82) is 0 Å². The molecule has 1 saturated heterocycles. The Morgan fingerprint density at radius 1 is 1.30 bits per heavy atom. The summed E-state index contributed by atoms with van der Waals surface area (Å²) in [5, 5.41) is 0.878. The molecule has 0 amide bonds. The molecular formula is C17H16F2N6OS. The van der Waals surface area contributed by atoms with Crippen LogP contribution in [0.1, 0.15) is 0 Å². The third-order valence-corrected chi connectivity index (χ3v) is 4.80. The van der Waals surface area contributed by atoms with Gasteiger partial charge in [0.15, 0.2) is 16.6 Å². The van der Waals surface area contributed by atoms with Crippen molar-refractivity contribution in [1.82, 2.24) is 24.3 Å². The summed E-state index contributed by atoms with van der Waals surface area (Å²) in [4.78, 5) is 27.4. The second-order valence-electron chi connectivity index (χ2n) is 6.15. The van der Waals surface area contributed by atoms with E-state index in [0.29, 0.717) is 27.8 Å². The van der Waals surface area contributed by atoms with Crippen molar-refractivity contribution in [3.63, 3.8) is 0 Å². The second kappa shape index (κ2) is 6.45. The van der Waals surface area contributed by atoms with Crippen molar-refractivity contribution in [2.24, 2.45) is 0 Å². The molecule has 7 nitrogen and oxygen atoms in total. The maximum absolute atomic E-state index is 13.2. The first-order chi connectivity index (χ1) is 12.9. The van der Waals surface area contributed by atoms with Crippen LogP contribution >= 0.6 is 11.8 Å². The number of rotatable bonds is 5. The minimum Gasteiger partial charge on any atom is -0.344 e. The van der Waals surface area contributed by atoms with Gasteiger partial charge in [-0.1, -0.05) is 23.9 Å². The van der Waals surface area contributed by atoms with Crippen LogP contribution in [0.4, 0.5) is 14.6 Å². The van der Waals surface area contributed by atoms with Crippen LogP contribution in [0.2, 0.25) is 0 Å². The highest BCUT2D eigenvalue weighted by Crippen LogP contribution is 2.31. The van der Waals surface area contributed by atoms with Crippen LogP contribution in [0.25, 0.3) is 16.9 Å². The summed E-state index contributed by atoms with van der Waals surface area (Å²) in [5.74, 6) is -1.84. The number of nitrogens with zero attached hydrogens (tertiary/aromatic N) is 6. The van der Waals surface area contributed by atoms with Crippen LogP contribution in [-0.4, -0.2) is 49.6 Å². The summed E-state index contributed by atoms with van der Waals surface area (Å²) in [5.41, 5.74) is 0.153. The van der Waals surface area contributed by atoms with E-state index in [1.54, 1.807) is 29.0 Å². The van der Waals surface area contributed by atoms with Crippen LogP contribution < -0.4 is 10.5 Å². The molecule has 0 saturated carbocycles. The minimum atomic E-state index is -2.69. The first-order valence-corrected chi connectivity index (χ1v) is 9.39. The molecule has 4 rings (SSSR count). The molecule has 140 valence electrons. The molecule has 0 N–H and O–H groups in total. The van der Waals surface area contributed by atoms with Gasteiger partial charge in [0.25, 0.3) is 11.5 Å². The van der Waals surface area contributed by atoms with Gasteiger partial charge in [-0.2, -0.15) is 0 Å². The normalized spacial score (nSPS) is 15.7. The van der Waals surface area contributed by atoms with Gasteiger partial charge in [0, 0.05) is 6.20 Å². The van der Waals surface area contributed by atoms with Crippen LogP contribution in [-0.2, 0) is 6.54 Å². The maximum Gasteiger partial charge on any atom is 0.282 e. The summed E-state index contributed by atoms with van der Waals surface area (Å²) in [6, 6.07) is 5.10. The number of halogens is 2. The van der Waals surface area contributed by atoms with Crippen LogP contribution in [0, 0.1) is 0 Å². The Bertz CT molecular complexity index is 1080. The van der Waals surface area contributed by atoms with E-state index in [2.05, 4.69) is 21.5 Å². The Balaban J connectivity index is 1.89. The van der Waals surface area contributed by atoms with Crippen molar-refractivity contribution < 1.29 is 8.78 Å².